The van der Waals surface area contributed by atoms with Crippen LogP contribution in [0.1, 0.15) is 38.8 Å². The molecule has 184 valence electrons. The summed E-state index contributed by atoms with van der Waals surface area (Å²) in [5.41, 5.74) is 7.79. The number of fused-ring (bicyclic) bond motifs is 1. The number of thiophene rings is 1. The molecule has 1 amide bonds. The summed E-state index contributed by atoms with van der Waals surface area (Å²) in [6.07, 6.45) is 1.36. The monoisotopic (exact) mass is 506 g/mol. The van der Waals surface area contributed by atoms with E-state index in [-0.39, 0.29) is 41.6 Å². The summed E-state index contributed by atoms with van der Waals surface area (Å²) < 4.78 is 11.5. The number of esters is 1. The van der Waals surface area contributed by atoms with Gasteiger partial charge in [0.1, 0.15) is 12.4 Å². The first-order valence-corrected chi connectivity index (χ1v) is 11.8. The Morgan fingerprint density at radius 3 is 2.69 bits per heavy atom. The van der Waals surface area contributed by atoms with Crippen LogP contribution in [0.4, 0.5) is 11.5 Å². The summed E-state index contributed by atoms with van der Waals surface area (Å²) in [5, 5.41) is 16.6. The van der Waals surface area contributed by atoms with Crippen molar-refractivity contribution < 1.29 is 24.0 Å². The Labute approximate surface area is 209 Å². The van der Waals surface area contributed by atoms with Gasteiger partial charge in [-0.25, -0.2) is 9.78 Å². The maximum atomic E-state index is 12.7. The Morgan fingerprint density at radius 1 is 1.19 bits per heavy atom. The lowest BCUT2D eigenvalue weighted by Gasteiger charge is -2.10. The fraction of sp³-hybridized carbons (Fsp3) is 0.160. The maximum absolute atomic E-state index is 12.7. The normalized spacial score (nSPS) is 10.7. The van der Waals surface area contributed by atoms with Crippen molar-refractivity contribution in [2.45, 2.75) is 20.1 Å². The summed E-state index contributed by atoms with van der Waals surface area (Å²) in [6.45, 7) is 2.14. The van der Waals surface area contributed by atoms with E-state index in [1.807, 2.05) is 30.3 Å². The molecule has 0 unspecified atom stereocenters. The minimum absolute atomic E-state index is 0.0696. The van der Waals surface area contributed by atoms with Gasteiger partial charge >= 0.3 is 11.7 Å². The number of nitrogen functional groups attached to an aromatic ring is 1. The Balaban J connectivity index is 1.57. The molecule has 0 aliphatic rings. The molecule has 36 heavy (non-hydrogen) atoms. The van der Waals surface area contributed by atoms with Gasteiger partial charge in [-0.3, -0.25) is 14.9 Å². The molecule has 0 aliphatic carbocycles. The molecule has 4 aromatic rings. The van der Waals surface area contributed by atoms with Crippen molar-refractivity contribution in [3.63, 3.8) is 0 Å². The van der Waals surface area contributed by atoms with Crippen molar-refractivity contribution in [3.8, 4) is 5.75 Å². The van der Waals surface area contributed by atoms with Crippen LogP contribution >= 0.6 is 11.3 Å². The van der Waals surface area contributed by atoms with E-state index in [2.05, 4.69) is 10.3 Å². The number of carbonyl (C=O) groups is 2. The lowest BCUT2D eigenvalue weighted by molar-refractivity contribution is -0.385. The molecule has 0 aliphatic heterocycles. The molecule has 4 rings (SSSR count). The number of pyridine rings is 1. The van der Waals surface area contributed by atoms with Crippen LogP contribution in [0.5, 0.6) is 5.75 Å². The van der Waals surface area contributed by atoms with E-state index >= 15 is 0 Å². The molecule has 2 aromatic carbocycles. The van der Waals surface area contributed by atoms with Gasteiger partial charge in [-0.15, -0.1) is 11.3 Å². The average Bonchev–Trinajstić information content (AvgIpc) is 3.31. The maximum Gasteiger partial charge on any atom is 0.341 e. The molecule has 0 fully saturated rings. The van der Waals surface area contributed by atoms with E-state index in [9.17, 15) is 19.7 Å². The number of nitrogens with one attached hydrogen (secondary N) is 1. The number of nitrogens with zero attached hydrogens (tertiary/aromatic N) is 2. The van der Waals surface area contributed by atoms with Crippen LogP contribution in [0.3, 0.4) is 0 Å². The van der Waals surface area contributed by atoms with Crippen molar-refractivity contribution in [1.82, 2.24) is 10.3 Å². The molecule has 0 spiro atoms. The molecule has 2 heterocycles. The number of nitrogens with two attached hydrogens (primary N) is 1. The molecule has 0 bridgehead atoms. The van der Waals surface area contributed by atoms with Crippen LogP contribution in [-0.2, 0) is 17.9 Å². The number of aromatic nitrogens is 1. The fourth-order valence-corrected chi connectivity index (χ4v) is 4.61. The predicted octanol–water partition coefficient (Wildman–Crippen LogP) is 4.47. The summed E-state index contributed by atoms with van der Waals surface area (Å²) in [6, 6.07) is 13.3. The van der Waals surface area contributed by atoms with Crippen molar-refractivity contribution in [1.29, 1.82) is 0 Å². The Hall–Kier alpha value is -4.51. The minimum Gasteiger partial charge on any atom is -0.482 e. The molecule has 2 aromatic heterocycles. The summed E-state index contributed by atoms with van der Waals surface area (Å²) in [4.78, 5) is 40.0. The van der Waals surface area contributed by atoms with Gasteiger partial charge < -0.3 is 20.5 Å². The third-order valence-corrected chi connectivity index (χ3v) is 6.36. The van der Waals surface area contributed by atoms with E-state index in [1.54, 1.807) is 12.3 Å². The molecule has 0 saturated heterocycles. The molecule has 0 atom stereocenters. The lowest BCUT2D eigenvalue weighted by Crippen LogP contribution is -2.22. The van der Waals surface area contributed by atoms with Gasteiger partial charge in [0.25, 0.3) is 5.91 Å². The number of anilines is 1. The number of nitro groups is 1. The van der Waals surface area contributed by atoms with Crippen LogP contribution in [0.25, 0.3) is 10.1 Å². The largest absolute Gasteiger partial charge is 0.482 e. The van der Waals surface area contributed by atoms with E-state index in [1.165, 1.54) is 35.7 Å². The van der Waals surface area contributed by atoms with Crippen molar-refractivity contribution in [2.75, 3.05) is 12.3 Å². The number of hydrogen-bond acceptors (Lipinski definition) is 9. The van der Waals surface area contributed by atoms with E-state index < -0.39 is 16.8 Å². The van der Waals surface area contributed by atoms with Gasteiger partial charge in [-0.05, 0) is 23.9 Å². The number of nitro benzene ring substituents is 1. The zero-order valence-electron chi connectivity index (χ0n) is 19.2. The predicted molar refractivity (Wildman–Crippen MR) is 135 cm³/mol. The first kappa shape index (κ1) is 24.6. The van der Waals surface area contributed by atoms with E-state index in [4.69, 9.17) is 15.2 Å². The highest BCUT2D eigenvalue weighted by Crippen LogP contribution is 2.35. The average molecular weight is 507 g/mol. The quantitative estimate of drug-likeness (QED) is 0.192. The third-order valence-electron chi connectivity index (χ3n) is 5.29. The SMILES string of the molecule is CCOC(=O)c1cnc(N)c2c(COc3cc(C(=O)NCc4ccccc4)ccc3[N+](=O)[O-])csc12. The standard InChI is InChI=1S/C25H22N4O6S/c1-2-34-25(31)18-12-27-23(26)21-17(14-36-22(18)21)13-35-20-10-16(8-9-19(20)29(32)33)24(30)28-11-15-6-4-3-5-7-15/h3-10,12,14H,2,11,13H2,1H3,(H2,26,27)(H,28,30). The smallest absolute Gasteiger partial charge is 0.341 e. The van der Waals surface area contributed by atoms with Crippen LogP contribution < -0.4 is 15.8 Å². The highest BCUT2D eigenvalue weighted by Gasteiger charge is 2.21. The van der Waals surface area contributed by atoms with Gasteiger partial charge in [-0.2, -0.15) is 0 Å². The second-order valence-electron chi connectivity index (χ2n) is 7.64. The van der Waals surface area contributed by atoms with Crippen LogP contribution in [0.15, 0.2) is 60.1 Å². The second-order valence-corrected chi connectivity index (χ2v) is 8.52. The van der Waals surface area contributed by atoms with Crippen LogP contribution in [0.2, 0.25) is 0 Å². The lowest BCUT2D eigenvalue weighted by atomic mass is 10.1. The Morgan fingerprint density at radius 2 is 1.97 bits per heavy atom. The van der Waals surface area contributed by atoms with Crippen molar-refractivity contribution >= 4 is 44.8 Å². The van der Waals surface area contributed by atoms with Gasteiger partial charge in [0.2, 0.25) is 0 Å². The molecular weight excluding hydrogens is 484 g/mol. The molecule has 0 saturated carbocycles. The number of rotatable bonds is 9. The Kier molecular flexibility index (Phi) is 7.40. The van der Waals surface area contributed by atoms with Gasteiger partial charge in [0.15, 0.2) is 5.75 Å². The highest BCUT2D eigenvalue weighted by atomic mass is 32.1. The second kappa shape index (κ2) is 10.8. The Bertz CT molecular complexity index is 1440. The third kappa shape index (κ3) is 5.26. The van der Waals surface area contributed by atoms with Crippen molar-refractivity contribution in [3.05, 3.63) is 92.5 Å². The molecule has 11 heteroatoms. The van der Waals surface area contributed by atoms with Crippen LogP contribution in [-0.4, -0.2) is 28.4 Å². The first-order chi connectivity index (χ1) is 17.4. The molecular formula is C25H22N4O6S. The van der Waals surface area contributed by atoms with E-state index in [0.717, 1.165) is 5.56 Å². The summed E-state index contributed by atoms with van der Waals surface area (Å²) in [7, 11) is 0. The zero-order valence-corrected chi connectivity index (χ0v) is 20.0. The van der Waals surface area contributed by atoms with Gasteiger partial charge in [-0.1, -0.05) is 30.3 Å². The fourth-order valence-electron chi connectivity index (χ4n) is 3.55. The van der Waals surface area contributed by atoms with Crippen molar-refractivity contribution in [2.24, 2.45) is 0 Å². The zero-order chi connectivity index (χ0) is 25.7. The molecule has 3 N–H and O–H groups in total. The van der Waals surface area contributed by atoms with Crippen LogP contribution in [0, 0.1) is 10.1 Å². The van der Waals surface area contributed by atoms with Gasteiger partial charge in [0.05, 0.1) is 21.8 Å². The highest BCUT2D eigenvalue weighted by molar-refractivity contribution is 7.17. The number of amides is 1. The molecule has 0 radical (unpaired) electrons. The minimum atomic E-state index is -0.582. The number of benzene rings is 2. The summed E-state index contributed by atoms with van der Waals surface area (Å²) in [5.74, 6) is -0.789. The van der Waals surface area contributed by atoms with E-state index in [0.29, 0.717) is 22.2 Å². The number of carbonyl (C=O) groups excluding carboxylic acids is 2. The summed E-state index contributed by atoms with van der Waals surface area (Å²) >= 11 is 1.27. The van der Waals surface area contributed by atoms with Gasteiger partial charge in [0, 0.05) is 41.4 Å². The molecule has 10 nitrogen and oxygen atoms in total. The number of ether oxygens (including phenoxy) is 2. The topological polar surface area (TPSA) is 147 Å². The first-order valence-electron chi connectivity index (χ1n) is 10.9. The number of hydrogen-bond donors (Lipinski definition) is 2.